The standard InChI is InChI=1S/C8H14N2O4/c1-6(11)2-4-9-8(14)10-5-3-7(12)13/h2-5H2,1H3,(H,12,13)(H2,9,10,14). The van der Waals surface area contributed by atoms with Gasteiger partial charge in [-0.15, -0.1) is 0 Å². The number of aliphatic carboxylic acids is 1. The summed E-state index contributed by atoms with van der Waals surface area (Å²) >= 11 is 0. The monoisotopic (exact) mass is 202 g/mol. The van der Waals surface area contributed by atoms with E-state index in [1.54, 1.807) is 0 Å². The van der Waals surface area contributed by atoms with E-state index in [9.17, 15) is 14.4 Å². The normalized spacial score (nSPS) is 9.21. The van der Waals surface area contributed by atoms with Crippen LogP contribution < -0.4 is 10.6 Å². The molecule has 14 heavy (non-hydrogen) atoms. The van der Waals surface area contributed by atoms with Crippen LogP contribution >= 0.6 is 0 Å². The van der Waals surface area contributed by atoms with E-state index in [0.717, 1.165) is 0 Å². The van der Waals surface area contributed by atoms with Crippen LogP contribution in [0.25, 0.3) is 0 Å². The minimum Gasteiger partial charge on any atom is -0.481 e. The molecule has 0 saturated carbocycles. The molecule has 0 aliphatic heterocycles. The maximum absolute atomic E-state index is 10.9. The minimum atomic E-state index is -0.964. The lowest BCUT2D eigenvalue weighted by atomic mass is 10.3. The van der Waals surface area contributed by atoms with E-state index < -0.39 is 12.0 Å². The van der Waals surface area contributed by atoms with Gasteiger partial charge >= 0.3 is 12.0 Å². The highest BCUT2D eigenvalue weighted by Gasteiger charge is 2.01. The van der Waals surface area contributed by atoms with Crippen molar-refractivity contribution in [2.75, 3.05) is 13.1 Å². The minimum absolute atomic E-state index is 0.00386. The number of carboxylic acids is 1. The van der Waals surface area contributed by atoms with Crippen molar-refractivity contribution in [3.63, 3.8) is 0 Å². The molecule has 3 N–H and O–H groups in total. The van der Waals surface area contributed by atoms with Gasteiger partial charge in [0.15, 0.2) is 0 Å². The van der Waals surface area contributed by atoms with Crippen molar-refractivity contribution < 1.29 is 19.5 Å². The number of carboxylic acid groups (broad SMARTS) is 1. The molecule has 0 bridgehead atoms. The average Bonchev–Trinajstić information content (AvgIpc) is 2.02. The van der Waals surface area contributed by atoms with Crippen LogP contribution in [0.3, 0.4) is 0 Å². The number of urea groups is 1. The Hall–Kier alpha value is -1.59. The smallest absolute Gasteiger partial charge is 0.314 e. The van der Waals surface area contributed by atoms with E-state index in [1.165, 1.54) is 6.92 Å². The molecular weight excluding hydrogens is 188 g/mol. The molecule has 0 unspecified atom stereocenters. The molecule has 0 fully saturated rings. The van der Waals surface area contributed by atoms with E-state index >= 15 is 0 Å². The Balaban J connectivity index is 3.37. The van der Waals surface area contributed by atoms with Crippen LogP contribution in [0, 0.1) is 0 Å². The Morgan fingerprint density at radius 3 is 2.00 bits per heavy atom. The maximum Gasteiger partial charge on any atom is 0.314 e. The first-order chi connectivity index (χ1) is 6.52. The number of Topliss-reactive ketones (excluding diaryl/α,β-unsaturated/α-hetero) is 1. The van der Waals surface area contributed by atoms with Gasteiger partial charge < -0.3 is 15.7 Å². The fraction of sp³-hybridized carbons (Fsp3) is 0.625. The van der Waals surface area contributed by atoms with Crippen LogP contribution in [0.2, 0.25) is 0 Å². The summed E-state index contributed by atoms with van der Waals surface area (Å²) in [6, 6.07) is -0.451. The first kappa shape index (κ1) is 12.4. The van der Waals surface area contributed by atoms with Gasteiger partial charge in [-0.3, -0.25) is 9.59 Å². The molecule has 0 aliphatic rings. The third-order valence-corrected chi connectivity index (χ3v) is 1.39. The molecule has 0 radical (unpaired) electrons. The number of hydrogen-bond donors (Lipinski definition) is 3. The van der Waals surface area contributed by atoms with E-state index in [-0.39, 0.29) is 31.7 Å². The predicted molar refractivity (Wildman–Crippen MR) is 49.0 cm³/mol. The highest BCUT2D eigenvalue weighted by atomic mass is 16.4. The van der Waals surface area contributed by atoms with E-state index in [2.05, 4.69) is 10.6 Å². The second-order valence-corrected chi connectivity index (χ2v) is 2.78. The summed E-state index contributed by atoms with van der Waals surface area (Å²) in [5, 5.41) is 13.0. The SMILES string of the molecule is CC(=O)CCNC(=O)NCCC(=O)O. The number of amides is 2. The van der Waals surface area contributed by atoms with Crippen molar-refractivity contribution >= 4 is 17.8 Å². The second-order valence-electron chi connectivity index (χ2n) is 2.78. The van der Waals surface area contributed by atoms with E-state index in [0.29, 0.717) is 0 Å². The molecule has 0 aromatic carbocycles. The molecule has 0 spiro atoms. The zero-order chi connectivity index (χ0) is 11.0. The van der Waals surface area contributed by atoms with Crippen LogP contribution in [0.15, 0.2) is 0 Å². The molecule has 0 rings (SSSR count). The highest BCUT2D eigenvalue weighted by Crippen LogP contribution is 1.79. The Labute approximate surface area is 81.7 Å². The maximum atomic E-state index is 10.9. The van der Waals surface area contributed by atoms with Crippen molar-refractivity contribution in [1.29, 1.82) is 0 Å². The highest BCUT2D eigenvalue weighted by molar-refractivity contribution is 5.78. The van der Waals surface area contributed by atoms with E-state index in [1.807, 2.05) is 0 Å². The number of hydrogen-bond acceptors (Lipinski definition) is 3. The summed E-state index contributed by atoms with van der Waals surface area (Å²) in [4.78, 5) is 31.4. The van der Waals surface area contributed by atoms with Gasteiger partial charge in [-0.1, -0.05) is 0 Å². The molecule has 0 aromatic heterocycles. The second kappa shape index (κ2) is 6.88. The Kier molecular flexibility index (Phi) is 6.09. The van der Waals surface area contributed by atoms with Gasteiger partial charge in [0, 0.05) is 19.5 Å². The number of nitrogens with one attached hydrogen (secondary N) is 2. The number of carbonyl (C=O) groups excluding carboxylic acids is 2. The zero-order valence-electron chi connectivity index (χ0n) is 8.00. The number of ketones is 1. The summed E-state index contributed by atoms with van der Waals surface area (Å²) in [6.07, 6.45) is 0.173. The number of rotatable bonds is 6. The van der Waals surface area contributed by atoms with Crippen molar-refractivity contribution in [1.82, 2.24) is 10.6 Å². The van der Waals surface area contributed by atoms with Gasteiger partial charge in [0.25, 0.3) is 0 Å². The summed E-state index contributed by atoms with van der Waals surface area (Å²) in [5.74, 6) is -0.968. The molecular formula is C8H14N2O4. The van der Waals surface area contributed by atoms with Gasteiger partial charge in [-0.05, 0) is 6.92 Å². The van der Waals surface area contributed by atoms with Gasteiger partial charge in [-0.2, -0.15) is 0 Å². The summed E-state index contributed by atoms with van der Waals surface area (Å²) in [5.41, 5.74) is 0. The summed E-state index contributed by atoms with van der Waals surface area (Å²) in [7, 11) is 0. The number of carbonyl (C=O) groups is 3. The average molecular weight is 202 g/mol. The van der Waals surface area contributed by atoms with Crippen LogP contribution in [-0.4, -0.2) is 36.0 Å². The Morgan fingerprint density at radius 2 is 1.57 bits per heavy atom. The summed E-state index contributed by atoms with van der Waals surface area (Å²) < 4.78 is 0. The molecule has 0 aromatic rings. The molecule has 0 atom stereocenters. The lowest BCUT2D eigenvalue weighted by molar-refractivity contribution is -0.136. The fourth-order valence-electron chi connectivity index (χ4n) is 0.698. The third kappa shape index (κ3) is 8.51. The quantitative estimate of drug-likeness (QED) is 0.553. The molecule has 2 amide bonds. The predicted octanol–water partition coefficient (Wildman–Crippen LogP) is -0.261. The summed E-state index contributed by atoms with van der Waals surface area (Å²) in [6.45, 7) is 1.79. The van der Waals surface area contributed by atoms with E-state index in [4.69, 9.17) is 5.11 Å². The molecule has 80 valence electrons. The van der Waals surface area contributed by atoms with Crippen LogP contribution in [-0.2, 0) is 9.59 Å². The van der Waals surface area contributed by atoms with Gasteiger partial charge in [0.05, 0.1) is 6.42 Å². The van der Waals surface area contributed by atoms with Gasteiger partial charge in [-0.25, -0.2) is 4.79 Å². The lowest BCUT2D eigenvalue weighted by Crippen LogP contribution is -2.37. The lowest BCUT2D eigenvalue weighted by Gasteiger charge is -2.04. The topological polar surface area (TPSA) is 95.5 Å². The van der Waals surface area contributed by atoms with Crippen molar-refractivity contribution in [3.05, 3.63) is 0 Å². The van der Waals surface area contributed by atoms with Crippen LogP contribution in [0.5, 0.6) is 0 Å². The van der Waals surface area contributed by atoms with Crippen LogP contribution in [0.4, 0.5) is 4.79 Å². The van der Waals surface area contributed by atoms with Crippen molar-refractivity contribution in [2.45, 2.75) is 19.8 Å². The van der Waals surface area contributed by atoms with Crippen molar-refractivity contribution in [2.24, 2.45) is 0 Å². The molecule has 0 saturated heterocycles. The van der Waals surface area contributed by atoms with Gasteiger partial charge in [0.1, 0.15) is 5.78 Å². The molecule has 0 heterocycles. The molecule has 6 heteroatoms. The third-order valence-electron chi connectivity index (χ3n) is 1.39. The first-order valence-electron chi connectivity index (χ1n) is 4.25. The fourth-order valence-corrected chi connectivity index (χ4v) is 0.698. The Bertz CT molecular complexity index is 205. The first-order valence-corrected chi connectivity index (χ1v) is 4.25. The Morgan fingerprint density at radius 1 is 1.07 bits per heavy atom. The van der Waals surface area contributed by atoms with Crippen molar-refractivity contribution in [3.8, 4) is 0 Å². The zero-order valence-corrected chi connectivity index (χ0v) is 8.00. The van der Waals surface area contributed by atoms with Gasteiger partial charge in [0.2, 0.25) is 0 Å². The molecule has 6 nitrogen and oxygen atoms in total. The van der Waals surface area contributed by atoms with Crippen LogP contribution in [0.1, 0.15) is 19.8 Å². The largest absolute Gasteiger partial charge is 0.481 e. The molecule has 0 aliphatic carbocycles.